The molecule has 3 nitrogen and oxygen atoms in total. The fraction of sp³-hybridized carbons (Fsp3) is 0.533. The molecule has 0 radical (unpaired) electrons. The van der Waals surface area contributed by atoms with E-state index in [0.717, 1.165) is 48.8 Å². The number of ether oxygens (including phenoxy) is 1. The number of benzene rings is 1. The van der Waals surface area contributed by atoms with Crippen LogP contribution in [0.2, 0.25) is 0 Å². The SMILES string of the molecule is CC(C)CCCOc1ccc2c(c1)CC/C2=N\O. The van der Waals surface area contributed by atoms with Gasteiger partial charge in [0, 0.05) is 5.56 Å². The molecule has 0 atom stereocenters. The van der Waals surface area contributed by atoms with Gasteiger partial charge < -0.3 is 9.94 Å². The Morgan fingerprint density at radius 2 is 2.17 bits per heavy atom. The van der Waals surface area contributed by atoms with Crippen LogP contribution in [0.15, 0.2) is 23.4 Å². The lowest BCUT2D eigenvalue weighted by molar-refractivity contribution is 0.297. The fourth-order valence-electron chi connectivity index (χ4n) is 2.32. The maximum Gasteiger partial charge on any atom is 0.119 e. The Morgan fingerprint density at radius 3 is 2.89 bits per heavy atom. The molecule has 18 heavy (non-hydrogen) atoms. The van der Waals surface area contributed by atoms with Gasteiger partial charge in [-0.25, -0.2) is 0 Å². The van der Waals surface area contributed by atoms with E-state index in [1.807, 2.05) is 12.1 Å². The molecule has 1 aliphatic carbocycles. The molecule has 0 unspecified atom stereocenters. The molecule has 0 aromatic heterocycles. The lowest BCUT2D eigenvalue weighted by atomic mass is 10.1. The molecule has 0 aliphatic heterocycles. The van der Waals surface area contributed by atoms with Gasteiger partial charge >= 0.3 is 0 Å². The van der Waals surface area contributed by atoms with Gasteiger partial charge in [0.15, 0.2) is 0 Å². The van der Waals surface area contributed by atoms with E-state index in [2.05, 4.69) is 25.1 Å². The van der Waals surface area contributed by atoms with Gasteiger partial charge in [0.05, 0.1) is 12.3 Å². The third kappa shape index (κ3) is 3.03. The Hall–Kier alpha value is -1.51. The molecule has 1 N–H and O–H groups in total. The molecule has 0 saturated carbocycles. The molecule has 0 amide bonds. The molecule has 1 aromatic carbocycles. The molecule has 2 rings (SSSR count). The number of aryl methyl sites for hydroxylation is 1. The Bertz CT molecular complexity index is 438. The predicted octanol–water partition coefficient (Wildman–Crippen LogP) is 3.63. The van der Waals surface area contributed by atoms with Crippen LogP contribution in [0.1, 0.15) is 44.2 Å². The molecule has 0 heterocycles. The van der Waals surface area contributed by atoms with E-state index in [-0.39, 0.29) is 0 Å². The molecule has 1 aromatic rings. The first-order valence-electron chi connectivity index (χ1n) is 6.67. The summed E-state index contributed by atoms with van der Waals surface area (Å²) in [7, 11) is 0. The largest absolute Gasteiger partial charge is 0.494 e. The summed E-state index contributed by atoms with van der Waals surface area (Å²) in [5.41, 5.74) is 3.08. The standard InChI is InChI=1S/C15H21NO2/c1-11(2)4-3-9-18-13-6-7-14-12(10-13)5-8-15(14)16-17/h6-7,10-11,17H,3-5,8-9H2,1-2H3/b16-15+. The second kappa shape index (κ2) is 5.89. The first-order chi connectivity index (χ1) is 8.70. The Labute approximate surface area is 108 Å². The van der Waals surface area contributed by atoms with Crippen molar-refractivity contribution in [2.24, 2.45) is 11.1 Å². The van der Waals surface area contributed by atoms with Crippen molar-refractivity contribution in [2.45, 2.75) is 39.5 Å². The number of hydrogen-bond acceptors (Lipinski definition) is 3. The van der Waals surface area contributed by atoms with Gasteiger partial charge in [0.2, 0.25) is 0 Å². The first-order valence-corrected chi connectivity index (χ1v) is 6.67. The van der Waals surface area contributed by atoms with Crippen molar-refractivity contribution < 1.29 is 9.94 Å². The van der Waals surface area contributed by atoms with Crippen LogP contribution >= 0.6 is 0 Å². The van der Waals surface area contributed by atoms with Crippen molar-refractivity contribution in [2.75, 3.05) is 6.61 Å². The van der Waals surface area contributed by atoms with Gasteiger partial charge in [-0.1, -0.05) is 19.0 Å². The fourth-order valence-corrected chi connectivity index (χ4v) is 2.32. The molecule has 0 spiro atoms. The summed E-state index contributed by atoms with van der Waals surface area (Å²) in [4.78, 5) is 0. The van der Waals surface area contributed by atoms with Crippen LogP contribution in [0.25, 0.3) is 0 Å². The maximum atomic E-state index is 8.86. The van der Waals surface area contributed by atoms with Crippen LogP contribution in [0.3, 0.4) is 0 Å². The normalized spacial score (nSPS) is 16.3. The highest BCUT2D eigenvalue weighted by molar-refractivity contribution is 6.04. The van der Waals surface area contributed by atoms with Crippen LogP contribution in [0, 0.1) is 5.92 Å². The minimum Gasteiger partial charge on any atom is -0.494 e. The van der Waals surface area contributed by atoms with E-state index in [1.165, 1.54) is 12.0 Å². The van der Waals surface area contributed by atoms with Crippen molar-refractivity contribution in [3.8, 4) is 5.75 Å². The number of oxime groups is 1. The summed E-state index contributed by atoms with van der Waals surface area (Å²) in [6.45, 7) is 5.23. The average molecular weight is 247 g/mol. The predicted molar refractivity (Wildman–Crippen MR) is 72.7 cm³/mol. The van der Waals surface area contributed by atoms with Crippen molar-refractivity contribution in [3.05, 3.63) is 29.3 Å². The molecule has 0 saturated heterocycles. The summed E-state index contributed by atoms with van der Waals surface area (Å²) in [6.07, 6.45) is 4.06. The molecule has 0 bridgehead atoms. The van der Waals surface area contributed by atoms with E-state index >= 15 is 0 Å². The molecular formula is C15H21NO2. The number of nitrogens with zero attached hydrogens (tertiary/aromatic N) is 1. The third-order valence-electron chi connectivity index (χ3n) is 3.33. The Balaban J connectivity index is 1.92. The van der Waals surface area contributed by atoms with Crippen molar-refractivity contribution in [3.63, 3.8) is 0 Å². The maximum absolute atomic E-state index is 8.86. The van der Waals surface area contributed by atoms with Gasteiger partial charge in [-0.15, -0.1) is 0 Å². The van der Waals surface area contributed by atoms with Crippen LogP contribution in [0.5, 0.6) is 5.75 Å². The molecule has 3 heteroatoms. The number of hydrogen-bond donors (Lipinski definition) is 1. The zero-order valence-corrected chi connectivity index (χ0v) is 11.1. The van der Waals surface area contributed by atoms with Crippen molar-refractivity contribution >= 4 is 5.71 Å². The minimum atomic E-state index is 0.733. The quantitative estimate of drug-likeness (QED) is 0.490. The van der Waals surface area contributed by atoms with Gasteiger partial charge in [-0.2, -0.15) is 0 Å². The van der Waals surface area contributed by atoms with Crippen LogP contribution in [0.4, 0.5) is 0 Å². The molecule has 98 valence electrons. The van der Waals surface area contributed by atoms with Crippen LogP contribution < -0.4 is 4.74 Å². The lowest BCUT2D eigenvalue weighted by Crippen LogP contribution is -2.00. The number of fused-ring (bicyclic) bond motifs is 1. The second-order valence-corrected chi connectivity index (χ2v) is 5.25. The summed E-state index contributed by atoms with van der Waals surface area (Å²) in [5.74, 6) is 1.66. The lowest BCUT2D eigenvalue weighted by Gasteiger charge is -2.09. The summed E-state index contributed by atoms with van der Waals surface area (Å²) in [6, 6.07) is 6.03. The van der Waals surface area contributed by atoms with E-state index in [4.69, 9.17) is 9.94 Å². The second-order valence-electron chi connectivity index (χ2n) is 5.25. The highest BCUT2D eigenvalue weighted by atomic mass is 16.5. The highest BCUT2D eigenvalue weighted by Crippen LogP contribution is 2.26. The van der Waals surface area contributed by atoms with E-state index in [0.29, 0.717) is 0 Å². The Kier molecular flexibility index (Phi) is 4.24. The van der Waals surface area contributed by atoms with Crippen LogP contribution in [-0.4, -0.2) is 17.5 Å². The molecule has 0 fully saturated rings. The minimum absolute atomic E-state index is 0.733. The zero-order valence-electron chi connectivity index (χ0n) is 11.1. The van der Waals surface area contributed by atoms with Crippen molar-refractivity contribution in [1.29, 1.82) is 0 Å². The van der Waals surface area contributed by atoms with Gasteiger partial charge in [-0.05, 0) is 55.4 Å². The molecular weight excluding hydrogens is 226 g/mol. The summed E-state index contributed by atoms with van der Waals surface area (Å²) < 4.78 is 5.75. The summed E-state index contributed by atoms with van der Waals surface area (Å²) >= 11 is 0. The monoisotopic (exact) mass is 247 g/mol. The van der Waals surface area contributed by atoms with Gasteiger partial charge in [0.1, 0.15) is 5.75 Å². The van der Waals surface area contributed by atoms with E-state index in [1.54, 1.807) is 0 Å². The van der Waals surface area contributed by atoms with Crippen LogP contribution in [-0.2, 0) is 6.42 Å². The summed E-state index contributed by atoms with van der Waals surface area (Å²) in [5, 5.41) is 12.2. The molecule has 1 aliphatic rings. The highest BCUT2D eigenvalue weighted by Gasteiger charge is 2.18. The van der Waals surface area contributed by atoms with E-state index in [9.17, 15) is 0 Å². The topological polar surface area (TPSA) is 41.8 Å². The third-order valence-corrected chi connectivity index (χ3v) is 3.33. The first kappa shape index (κ1) is 12.9. The van der Waals surface area contributed by atoms with Crippen molar-refractivity contribution in [1.82, 2.24) is 0 Å². The zero-order chi connectivity index (χ0) is 13.0. The smallest absolute Gasteiger partial charge is 0.119 e. The Morgan fingerprint density at radius 1 is 1.33 bits per heavy atom. The van der Waals surface area contributed by atoms with E-state index < -0.39 is 0 Å². The average Bonchev–Trinajstić information content (AvgIpc) is 2.76. The van der Waals surface area contributed by atoms with Gasteiger partial charge in [0.25, 0.3) is 0 Å². The number of rotatable bonds is 5. The van der Waals surface area contributed by atoms with Gasteiger partial charge in [-0.3, -0.25) is 0 Å².